The molecule has 0 aliphatic rings. The van der Waals surface area contributed by atoms with E-state index >= 15 is 0 Å². The Hall–Kier alpha value is -2.67. The van der Waals surface area contributed by atoms with Crippen molar-refractivity contribution in [2.24, 2.45) is 0 Å². The third-order valence-electron chi connectivity index (χ3n) is 5.16. The molecular weight excluding hydrogens is 444 g/mol. The zero-order chi connectivity index (χ0) is 23.3. The smallest absolute Gasteiger partial charge is 0.243 e. The third-order valence-corrected chi connectivity index (χ3v) is 7.22. The molecule has 0 radical (unpaired) electrons. The standard InChI is InChI=1S/C25H27ClN2O3S/c1-18(2)23-11-7-8-19(3)25(23)27-24(29)17-28(16-20-12-14-21(26)15-13-20)32(30,31)22-9-5-4-6-10-22/h4-15,18H,16-17H2,1-3H3,(H,27,29). The lowest BCUT2D eigenvalue weighted by atomic mass is 9.98. The van der Waals surface area contributed by atoms with Crippen LogP contribution in [0.4, 0.5) is 5.69 Å². The van der Waals surface area contributed by atoms with Crippen LogP contribution in [0.3, 0.4) is 0 Å². The summed E-state index contributed by atoms with van der Waals surface area (Å²) in [5.74, 6) is -0.182. The number of rotatable bonds is 8. The van der Waals surface area contributed by atoms with Gasteiger partial charge in [0.1, 0.15) is 0 Å². The van der Waals surface area contributed by atoms with E-state index in [9.17, 15) is 13.2 Å². The first-order valence-electron chi connectivity index (χ1n) is 10.4. The molecule has 0 unspecified atom stereocenters. The second kappa shape index (κ2) is 10.3. The molecule has 7 heteroatoms. The van der Waals surface area contributed by atoms with Gasteiger partial charge < -0.3 is 5.32 Å². The Morgan fingerprint density at radius 2 is 1.62 bits per heavy atom. The number of benzene rings is 3. The Morgan fingerprint density at radius 3 is 2.25 bits per heavy atom. The first-order valence-corrected chi connectivity index (χ1v) is 12.2. The first kappa shape index (κ1) is 24.0. The van der Waals surface area contributed by atoms with Crippen molar-refractivity contribution in [2.75, 3.05) is 11.9 Å². The van der Waals surface area contributed by atoms with Crippen LogP contribution < -0.4 is 5.32 Å². The minimum absolute atomic E-state index is 0.0482. The van der Waals surface area contributed by atoms with Gasteiger partial charge in [0.15, 0.2) is 0 Å². The van der Waals surface area contributed by atoms with Crippen molar-refractivity contribution in [1.82, 2.24) is 4.31 Å². The summed E-state index contributed by atoms with van der Waals surface area (Å²) in [6.07, 6.45) is 0. The van der Waals surface area contributed by atoms with E-state index in [1.807, 2.05) is 25.1 Å². The van der Waals surface area contributed by atoms with Crippen LogP contribution in [0.5, 0.6) is 0 Å². The van der Waals surface area contributed by atoms with Gasteiger partial charge in [-0.3, -0.25) is 4.79 Å². The topological polar surface area (TPSA) is 66.5 Å². The fourth-order valence-electron chi connectivity index (χ4n) is 3.44. The molecule has 3 rings (SSSR count). The largest absolute Gasteiger partial charge is 0.324 e. The Bertz CT molecular complexity index is 1180. The van der Waals surface area contributed by atoms with Gasteiger partial charge in [-0.15, -0.1) is 0 Å². The highest BCUT2D eigenvalue weighted by atomic mass is 35.5. The number of para-hydroxylation sites is 1. The summed E-state index contributed by atoms with van der Waals surface area (Å²) in [6.45, 7) is 5.76. The Morgan fingerprint density at radius 1 is 0.969 bits per heavy atom. The molecule has 5 nitrogen and oxygen atoms in total. The van der Waals surface area contributed by atoms with Gasteiger partial charge in [0, 0.05) is 17.3 Å². The zero-order valence-corrected chi connectivity index (χ0v) is 20.0. The molecule has 0 aliphatic heterocycles. The first-order chi connectivity index (χ1) is 15.2. The summed E-state index contributed by atoms with van der Waals surface area (Å²) in [5, 5.41) is 3.50. The molecule has 0 aliphatic carbocycles. The molecule has 3 aromatic carbocycles. The van der Waals surface area contributed by atoms with Gasteiger partial charge in [0.2, 0.25) is 15.9 Å². The van der Waals surface area contributed by atoms with Crippen molar-refractivity contribution >= 4 is 33.2 Å². The van der Waals surface area contributed by atoms with Gasteiger partial charge in [0.05, 0.1) is 11.4 Å². The fraction of sp³-hybridized carbons (Fsp3) is 0.240. The fourth-order valence-corrected chi connectivity index (χ4v) is 4.97. The molecule has 0 fully saturated rings. The Balaban J connectivity index is 1.90. The maximum absolute atomic E-state index is 13.4. The van der Waals surface area contributed by atoms with Crippen LogP contribution in [0.1, 0.15) is 36.5 Å². The average Bonchev–Trinajstić information content (AvgIpc) is 2.76. The van der Waals surface area contributed by atoms with Gasteiger partial charge in [-0.2, -0.15) is 4.31 Å². The number of nitrogens with one attached hydrogen (secondary N) is 1. The van der Waals surface area contributed by atoms with Crippen molar-refractivity contribution in [1.29, 1.82) is 0 Å². The van der Waals surface area contributed by atoms with Gasteiger partial charge in [-0.05, 0) is 53.8 Å². The molecule has 1 amide bonds. The quantitative estimate of drug-likeness (QED) is 0.465. The maximum Gasteiger partial charge on any atom is 0.243 e. The molecule has 0 saturated carbocycles. The number of nitrogens with zero attached hydrogens (tertiary/aromatic N) is 1. The van der Waals surface area contributed by atoms with Crippen LogP contribution in [-0.2, 0) is 21.4 Å². The molecule has 0 atom stereocenters. The summed E-state index contributed by atoms with van der Waals surface area (Å²) >= 11 is 5.97. The SMILES string of the molecule is Cc1cccc(C(C)C)c1NC(=O)CN(Cc1ccc(Cl)cc1)S(=O)(=O)c1ccccc1. The third kappa shape index (κ3) is 5.76. The van der Waals surface area contributed by atoms with Crippen molar-refractivity contribution in [3.05, 3.63) is 94.5 Å². The number of carbonyl (C=O) groups excluding carboxylic acids is 1. The molecule has 0 bridgehead atoms. The van der Waals surface area contributed by atoms with Gasteiger partial charge >= 0.3 is 0 Å². The predicted octanol–water partition coefficient (Wildman–Crippen LogP) is 5.60. The number of hydrogen-bond donors (Lipinski definition) is 1. The van der Waals surface area contributed by atoms with Gasteiger partial charge in [0.25, 0.3) is 0 Å². The summed E-state index contributed by atoms with van der Waals surface area (Å²) < 4.78 is 27.9. The highest BCUT2D eigenvalue weighted by Crippen LogP contribution is 2.28. The molecule has 0 heterocycles. The van der Waals surface area contributed by atoms with Crippen molar-refractivity contribution in [3.63, 3.8) is 0 Å². The van der Waals surface area contributed by atoms with Crippen LogP contribution >= 0.6 is 11.6 Å². The van der Waals surface area contributed by atoms with E-state index in [4.69, 9.17) is 11.6 Å². The van der Waals surface area contributed by atoms with E-state index in [0.717, 1.165) is 22.4 Å². The molecule has 0 aromatic heterocycles. The second-order valence-corrected chi connectivity index (χ2v) is 10.3. The number of aryl methyl sites for hydroxylation is 1. The highest BCUT2D eigenvalue weighted by molar-refractivity contribution is 7.89. The second-order valence-electron chi connectivity index (χ2n) is 7.95. The van der Waals surface area contributed by atoms with Crippen molar-refractivity contribution < 1.29 is 13.2 Å². The van der Waals surface area contributed by atoms with E-state index in [0.29, 0.717) is 5.02 Å². The molecule has 168 valence electrons. The van der Waals surface area contributed by atoms with E-state index in [1.54, 1.807) is 42.5 Å². The van der Waals surface area contributed by atoms with Crippen molar-refractivity contribution in [2.45, 2.75) is 38.1 Å². The Labute approximate surface area is 195 Å². The molecule has 3 aromatic rings. The maximum atomic E-state index is 13.4. The molecule has 1 N–H and O–H groups in total. The number of amides is 1. The van der Waals surface area contributed by atoms with E-state index in [2.05, 4.69) is 19.2 Å². The van der Waals surface area contributed by atoms with Crippen LogP contribution in [0, 0.1) is 6.92 Å². The van der Waals surface area contributed by atoms with E-state index in [-0.39, 0.29) is 23.9 Å². The van der Waals surface area contributed by atoms with Gasteiger partial charge in [-0.25, -0.2) is 8.42 Å². The number of hydrogen-bond acceptors (Lipinski definition) is 3. The number of halogens is 1. The van der Waals surface area contributed by atoms with E-state index in [1.165, 1.54) is 16.4 Å². The molecular formula is C25H27ClN2O3S. The monoisotopic (exact) mass is 470 g/mol. The van der Waals surface area contributed by atoms with Gasteiger partial charge in [-0.1, -0.05) is 74.0 Å². The minimum atomic E-state index is -3.89. The van der Waals surface area contributed by atoms with Crippen LogP contribution in [0.2, 0.25) is 5.02 Å². The van der Waals surface area contributed by atoms with Crippen molar-refractivity contribution in [3.8, 4) is 0 Å². The van der Waals surface area contributed by atoms with Crippen LogP contribution in [0.15, 0.2) is 77.7 Å². The summed E-state index contributed by atoms with van der Waals surface area (Å²) in [7, 11) is -3.89. The average molecular weight is 471 g/mol. The molecule has 0 saturated heterocycles. The zero-order valence-electron chi connectivity index (χ0n) is 18.4. The summed E-state index contributed by atoms with van der Waals surface area (Å²) in [4.78, 5) is 13.2. The normalized spacial score (nSPS) is 11.7. The van der Waals surface area contributed by atoms with Crippen LogP contribution in [-0.4, -0.2) is 25.2 Å². The lowest BCUT2D eigenvalue weighted by molar-refractivity contribution is -0.116. The molecule has 0 spiro atoms. The minimum Gasteiger partial charge on any atom is -0.324 e. The number of anilines is 1. The highest BCUT2D eigenvalue weighted by Gasteiger charge is 2.27. The lowest BCUT2D eigenvalue weighted by Gasteiger charge is -2.23. The summed E-state index contributed by atoms with van der Waals surface area (Å²) in [5.41, 5.74) is 3.41. The number of sulfonamides is 1. The van der Waals surface area contributed by atoms with E-state index < -0.39 is 15.9 Å². The lowest BCUT2D eigenvalue weighted by Crippen LogP contribution is -2.37. The number of carbonyl (C=O) groups is 1. The summed E-state index contributed by atoms with van der Waals surface area (Å²) in [6, 6.07) is 20.9. The predicted molar refractivity (Wildman–Crippen MR) is 129 cm³/mol. The Kier molecular flexibility index (Phi) is 7.72. The molecule has 32 heavy (non-hydrogen) atoms. The van der Waals surface area contributed by atoms with Crippen LogP contribution in [0.25, 0.3) is 0 Å².